The van der Waals surface area contributed by atoms with Crippen LogP contribution in [0.25, 0.3) is 0 Å². The van der Waals surface area contributed by atoms with Gasteiger partial charge in [-0.1, -0.05) is 19.1 Å². The molecule has 0 fully saturated rings. The molecule has 0 unspecified atom stereocenters. The van der Waals surface area contributed by atoms with Crippen molar-refractivity contribution in [3.8, 4) is 5.75 Å². The SMILES string of the molecule is CCc1ccc(CNCc2ccc3c(c2)CCO3)s1. The quantitative estimate of drug-likeness (QED) is 0.899. The van der Waals surface area contributed by atoms with Crippen LogP contribution in [0, 0.1) is 0 Å². The molecule has 0 amide bonds. The first kappa shape index (κ1) is 12.7. The van der Waals surface area contributed by atoms with E-state index < -0.39 is 0 Å². The van der Waals surface area contributed by atoms with Gasteiger partial charge in [0.05, 0.1) is 6.61 Å². The lowest BCUT2D eigenvalue weighted by molar-refractivity contribution is 0.357. The van der Waals surface area contributed by atoms with Gasteiger partial charge in [0.1, 0.15) is 5.75 Å². The summed E-state index contributed by atoms with van der Waals surface area (Å²) in [6, 6.07) is 11.0. The smallest absolute Gasteiger partial charge is 0.122 e. The highest BCUT2D eigenvalue weighted by Crippen LogP contribution is 2.25. The van der Waals surface area contributed by atoms with Crippen LogP contribution in [0.2, 0.25) is 0 Å². The van der Waals surface area contributed by atoms with Crippen LogP contribution >= 0.6 is 11.3 Å². The topological polar surface area (TPSA) is 21.3 Å². The first-order valence-corrected chi connectivity index (χ1v) is 7.69. The Morgan fingerprint density at radius 2 is 2.05 bits per heavy atom. The number of rotatable bonds is 5. The molecule has 2 aromatic rings. The maximum Gasteiger partial charge on any atom is 0.122 e. The molecule has 0 aliphatic carbocycles. The molecule has 3 heteroatoms. The summed E-state index contributed by atoms with van der Waals surface area (Å²) in [5.41, 5.74) is 2.69. The highest BCUT2D eigenvalue weighted by atomic mass is 32.1. The largest absolute Gasteiger partial charge is 0.493 e. The molecule has 0 atom stereocenters. The Morgan fingerprint density at radius 3 is 2.89 bits per heavy atom. The van der Waals surface area contributed by atoms with Gasteiger partial charge in [0.15, 0.2) is 0 Å². The van der Waals surface area contributed by atoms with Crippen LogP contribution in [-0.4, -0.2) is 6.61 Å². The number of ether oxygens (including phenoxy) is 1. The molecule has 1 aliphatic rings. The lowest BCUT2D eigenvalue weighted by Crippen LogP contribution is -2.11. The van der Waals surface area contributed by atoms with E-state index in [0.717, 1.165) is 38.3 Å². The van der Waals surface area contributed by atoms with E-state index in [1.54, 1.807) is 0 Å². The number of thiophene rings is 1. The van der Waals surface area contributed by atoms with Crippen molar-refractivity contribution in [2.75, 3.05) is 6.61 Å². The third-order valence-electron chi connectivity index (χ3n) is 3.45. The van der Waals surface area contributed by atoms with Crippen LogP contribution < -0.4 is 10.1 Å². The van der Waals surface area contributed by atoms with E-state index in [9.17, 15) is 0 Å². The first-order valence-electron chi connectivity index (χ1n) is 6.88. The molecule has 0 radical (unpaired) electrons. The summed E-state index contributed by atoms with van der Waals surface area (Å²) in [6.07, 6.45) is 2.18. The average Bonchev–Trinajstić information content (AvgIpc) is 3.06. The molecule has 1 aromatic heterocycles. The zero-order valence-electron chi connectivity index (χ0n) is 11.2. The van der Waals surface area contributed by atoms with Crippen molar-refractivity contribution in [1.29, 1.82) is 0 Å². The van der Waals surface area contributed by atoms with E-state index in [1.165, 1.54) is 20.9 Å². The minimum atomic E-state index is 0.835. The van der Waals surface area contributed by atoms with Gasteiger partial charge < -0.3 is 10.1 Å². The summed E-state index contributed by atoms with van der Waals surface area (Å²) in [6.45, 7) is 4.92. The summed E-state index contributed by atoms with van der Waals surface area (Å²) in [5, 5.41) is 3.52. The average molecular weight is 273 g/mol. The molecule has 100 valence electrons. The van der Waals surface area contributed by atoms with Gasteiger partial charge in [-0.05, 0) is 35.7 Å². The van der Waals surface area contributed by atoms with E-state index in [4.69, 9.17) is 4.74 Å². The van der Waals surface area contributed by atoms with E-state index >= 15 is 0 Å². The van der Waals surface area contributed by atoms with Crippen molar-refractivity contribution < 1.29 is 4.74 Å². The molecule has 1 N–H and O–H groups in total. The highest BCUT2D eigenvalue weighted by molar-refractivity contribution is 7.11. The maximum atomic E-state index is 5.52. The summed E-state index contributed by atoms with van der Waals surface area (Å²) in [5.74, 6) is 1.06. The van der Waals surface area contributed by atoms with Crippen LogP contribution in [0.1, 0.15) is 27.8 Å². The van der Waals surface area contributed by atoms with E-state index in [1.807, 2.05) is 11.3 Å². The Bertz CT molecular complexity index is 562. The maximum absolute atomic E-state index is 5.52. The Balaban J connectivity index is 1.54. The lowest BCUT2D eigenvalue weighted by Gasteiger charge is -2.05. The zero-order chi connectivity index (χ0) is 13.1. The van der Waals surface area contributed by atoms with Crippen molar-refractivity contribution in [3.63, 3.8) is 0 Å². The van der Waals surface area contributed by atoms with Gasteiger partial charge in [0.2, 0.25) is 0 Å². The fourth-order valence-electron chi connectivity index (χ4n) is 2.39. The third-order valence-corrected chi connectivity index (χ3v) is 4.68. The Morgan fingerprint density at radius 1 is 1.16 bits per heavy atom. The molecular weight excluding hydrogens is 254 g/mol. The number of nitrogens with one attached hydrogen (secondary N) is 1. The molecule has 0 saturated heterocycles. The van der Waals surface area contributed by atoms with E-state index in [-0.39, 0.29) is 0 Å². The van der Waals surface area contributed by atoms with Crippen LogP contribution in [-0.2, 0) is 25.9 Å². The summed E-state index contributed by atoms with van der Waals surface area (Å²) < 4.78 is 5.52. The Hall–Kier alpha value is -1.32. The molecule has 19 heavy (non-hydrogen) atoms. The summed E-state index contributed by atoms with van der Waals surface area (Å²) in [7, 11) is 0. The van der Waals surface area contributed by atoms with Crippen LogP contribution in [0.3, 0.4) is 0 Å². The molecule has 1 aliphatic heterocycles. The van der Waals surface area contributed by atoms with Gasteiger partial charge in [-0.2, -0.15) is 0 Å². The van der Waals surface area contributed by atoms with Crippen LogP contribution in [0.4, 0.5) is 0 Å². The predicted molar refractivity (Wildman–Crippen MR) is 79.9 cm³/mol. The molecular formula is C16H19NOS. The van der Waals surface area contributed by atoms with Crippen molar-refractivity contribution in [2.45, 2.75) is 32.9 Å². The molecule has 1 aromatic carbocycles. The van der Waals surface area contributed by atoms with Crippen molar-refractivity contribution >= 4 is 11.3 Å². The fourth-order valence-corrected chi connectivity index (χ4v) is 3.31. The molecule has 0 bridgehead atoms. The van der Waals surface area contributed by atoms with Crippen molar-refractivity contribution in [3.05, 3.63) is 51.2 Å². The van der Waals surface area contributed by atoms with Gasteiger partial charge >= 0.3 is 0 Å². The van der Waals surface area contributed by atoms with Gasteiger partial charge in [-0.15, -0.1) is 11.3 Å². The molecule has 0 spiro atoms. The van der Waals surface area contributed by atoms with Crippen molar-refractivity contribution in [1.82, 2.24) is 5.32 Å². The second-order valence-electron chi connectivity index (χ2n) is 4.87. The van der Waals surface area contributed by atoms with Crippen molar-refractivity contribution in [2.24, 2.45) is 0 Å². The molecule has 2 heterocycles. The monoisotopic (exact) mass is 273 g/mol. The van der Waals surface area contributed by atoms with E-state index in [2.05, 4.69) is 42.6 Å². The first-order chi connectivity index (χ1) is 9.35. The lowest BCUT2D eigenvalue weighted by atomic mass is 10.1. The van der Waals surface area contributed by atoms with E-state index in [0.29, 0.717) is 0 Å². The highest BCUT2D eigenvalue weighted by Gasteiger charge is 2.11. The summed E-state index contributed by atoms with van der Waals surface area (Å²) >= 11 is 1.91. The van der Waals surface area contributed by atoms with Gasteiger partial charge in [-0.25, -0.2) is 0 Å². The zero-order valence-corrected chi connectivity index (χ0v) is 12.1. The normalized spacial score (nSPS) is 13.3. The number of hydrogen-bond donors (Lipinski definition) is 1. The van der Waals surface area contributed by atoms with Gasteiger partial charge in [0.25, 0.3) is 0 Å². The molecule has 3 rings (SSSR count). The predicted octanol–water partition coefficient (Wildman–Crippen LogP) is 3.54. The standard InChI is InChI=1S/C16H19NOS/c1-2-14-4-5-15(19-14)11-17-10-12-3-6-16-13(9-12)7-8-18-16/h3-6,9,17H,2,7-8,10-11H2,1H3. The van der Waals surface area contributed by atoms with Gasteiger partial charge in [-0.3, -0.25) is 0 Å². The fraction of sp³-hybridized carbons (Fsp3) is 0.375. The van der Waals surface area contributed by atoms with Crippen LogP contribution in [0.15, 0.2) is 30.3 Å². The minimum Gasteiger partial charge on any atom is -0.493 e. The second-order valence-corrected chi connectivity index (χ2v) is 6.12. The number of hydrogen-bond acceptors (Lipinski definition) is 3. The molecule has 2 nitrogen and oxygen atoms in total. The Labute approximate surface area is 118 Å². The van der Waals surface area contributed by atoms with Gasteiger partial charge in [0, 0.05) is 29.3 Å². The molecule has 0 saturated carbocycles. The number of aryl methyl sites for hydroxylation is 1. The minimum absolute atomic E-state index is 0.835. The van der Waals surface area contributed by atoms with Crippen LogP contribution in [0.5, 0.6) is 5.75 Å². The summed E-state index contributed by atoms with van der Waals surface area (Å²) in [4.78, 5) is 2.88. The third kappa shape index (κ3) is 2.99. The number of benzene rings is 1. The number of fused-ring (bicyclic) bond motifs is 1. The second kappa shape index (κ2) is 5.76. The Kier molecular flexibility index (Phi) is 3.85.